The van der Waals surface area contributed by atoms with E-state index in [0.717, 1.165) is 12.8 Å². The molecule has 2 N–H and O–H groups in total. The molecular weight excluding hydrogens is 250 g/mol. The highest BCUT2D eigenvalue weighted by molar-refractivity contribution is 5.90. The lowest BCUT2D eigenvalue weighted by Gasteiger charge is -2.09. The topological polar surface area (TPSA) is 93.6 Å². The normalized spacial score (nSPS) is 10.2. The summed E-state index contributed by atoms with van der Waals surface area (Å²) in [6, 6.07) is 0. The fourth-order valence-electron chi connectivity index (χ4n) is 1.33. The molecule has 7 heteroatoms. The van der Waals surface area contributed by atoms with Crippen LogP contribution in [0.15, 0.2) is 6.20 Å². The van der Waals surface area contributed by atoms with E-state index in [0.29, 0.717) is 19.8 Å². The molecule has 106 valence electrons. The highest BCUT2D eigenvalue weighted by Gasteiger charge is 2.15. The van der Waals surface area contributed by atoms with Gasteiger partial charge < -0.3 is 19.9 Å². The number of rotatable bonds is 9. The fourth-order valence-corrected chi connectivity index (χ4v) is 1.33. The number of unbranched alkanes of at least 4 members (excludes halogenated alkanes) is 1. The Morgan fingerprint density at radius 1 is 1.47 bits per heavy atom. The molecular formula is C12H19N3O4. The van der Waals surface area contributed by atoms with Crippen LogP contribution in [0.4, 0.5) is 5.82 Å². The number of aromatic nitrogens is 2. The number of hydrogen-bond donors (Lipinski definition) is 2. The molecule has 0 atom stereocenters. The van der Waals surface area contributed by atoms with Crippen molar-refractivity contribution in [3.63, 3.8) is 0 Å². The van der Waals surface area contributed by atoms with Crippen LogP contribution >= 0.6 is 0 Å². The summed E-state index contributed by atoms with van der Waals surface area (Å²) < 4.78 is 10.1. The second-order valence-electron chi connectivity index (χ2n) is 3.83. The minimum absolute atomic E-state index is 0.133. The number of anilines is 1. The Morgan fingerprint density at radius 3 is 2.89 bits per heavy atom. The molecule has 0 aromatic carbocycles. The van der Waals surface area contributed by atoms with Crippen molar-refractivity contribution in [2.45, 2.75) is 19.8 Å². The Balaban J connectivity index is 2.73. The molecule has 0 aliphatic rings. The number of carboxylic acid groups (broad SMARTS) is 1. The van der Waals surface area contributed by atoms with Gasteiger partial charge in [0.2, 0.25) is 5.88 Å². The number of nitrogens with one attached hydrogen (secondary N) is 1. The monoisotopic (exact) mass is 269 g/mol. The van der Waals surface area contributed by atoms with Gasteiger partial charge in [-0.2, -0.15) is 0 Å². The second kappa shape index (κ2) is 8.25. The number of nitrogens with zero attached hydrogens (tertiary/aromatic N) is 2. The molecule has 0 unspecified atom stereocenters. The summed E-state index contributed by atoms with van der Waals surface area (Å²) in [5, 5.41) is 12.1. The van der Waals surface area contributed by atoms with Gasteiger partial charge in [0.25, 0.3) is 0 Å². The maximum Gasteiger partial charge on any atom is 0.358 e. The van der Waals surface area contributed by atoms with Gasteiger partial charge in [-0.05, 0) is 6.42 Å². The molecule has 0 spiro atoms. The number of ether oxygens (including phenoxy) is 2. The van der Waals surface area contributed by atoms with Gasteiger partial charge >= 0.3 is 5.97 Å². The van der Waals surface area contributed by atoms with Crippen LogP contribution in [0.2, 0.25) is 0 Å². The van der Waals surface area contributed by atoms with Crippen molar-refractivity contribution in [3.8, 4) is 5.88 Å². The second-order valence-corrected chi connectivity index (χ2v) is 3.83. The molecule has 0 saturated carbocycles. The third kappa shape index (κ3) is 5.09. The van der Waals surface area contributed by atoms with Crippen molar-refractivity contribution >= 4 is 11.8 Å². The summed E-state index contributed by atoms with van der Waals surface area (Å²) in [4.78, 5) is 19.1. The summed E-state index contributed by atoms with van der Waals surface area (Å²) in [6.45, 7) is 3.42. The van der Waals surface area contributed by atoms with Crippen LogP contribution in [0.1, 0.15) is 30.3 Å². The molecule has 0 saturated heterocycles. The van der Waals surface area contributed by atoms with Gasteiger partial charge in [0.05, 0.1) is 12.8 Å². The van der Waals surface area contributed by atoms with Gasteiger partial charge in [-0.15, -0.1) is 0 Å². The zero-order valence-corrected chi connectivity index (χ0v) is 11.2. The van der Waals surface area contributed by atoms with Crippen LogP contribution < -0.4 is 10.1 Å². The zero-order valence-electron chi connectivity index (χ0n) is 11.2. The molecule has 0 radical (unpaired) electrons. The van der Waals surface area contributed by atoms with Crippen LogP contribution in [0.3, 0.4) is 0 Å². The van der Waals surface area contributed by atoms with Crippen molar-refractivity contribution < 1.29 is 19.4 Å². The molecule has 0 fully saturated rings. The molecule has 1 aromatic rings. The van der Waals surface area contributed by atoms with Crippen LogP contribution in [0, 0.1) is 0 Å². The third-order valence-electron chi connectivity index (χ3n) is 2.31. The Morgan fingerprint density at radius 2 is 2.26 bits per heavy atom. The standard InChI is InChI=1S/C12H19N3O4/c1-3-4-5-13-11-10(12(16)17)15-9(8-14-11)19-7-6-18-2/h8H,3-7H2,1-2H3,(H,13,14)(H,16,17). The zero-order chi connectivity index (χ0) is 14.1. The van der Waals surface area contributed by atoms with Gasteiger partial charge in [-0.25, -0.2) is 14.8 Å². The fraction of sp³-hybridized carbons (Fsp3) is 0.583. The number of carboxylic acids is 1. The highest BCUT2D eigenvalue weighted by atomic mass is 16.5. The lowest BCUT2D eigenvalue weighted by molar-refractivity contribution is 0.0689. The van der Waals surface area contributed by atoms with Gasteiger partial charge in [-0.1, -0.05) is 13.3 Å². The van der Waals surface area contributed by atoms with Gasteiger partial charge in [-0.3, -0.25) is 0 Å². The van der Waals surface area contributed by atoms with E-state index in [1.165, 1.54) is 6.20 Å². The first kappa shape index (κ1) is 15.2. The Kier molecular flexibility index (Phi) is 6.59. The van der Waals surface area contributed by atoms with Crippen LogP contribution in [-0.4, -0.2) is 47.9 Å². The molecule has 19 heavy (non-hydrogen) atoms. The van der Waals surface area contributed by atoms with Crippen molar-refractivity contribution in [3.05, 3.63) is 11.9 Å². The molecule has 1 aromatic heterocycles. The number of methoxy groups -OCH3 is 1. The smallest absolute Gasteiger partial charge is 0.358 e. The van der Waals surface area contributed by atoms with E-state index >= 15 is 0 Å². The Labute approximate surface area is 112 Å². The molecule has 0 aliphatic carbocycles. The summed E-state index contributed by atoms with van der Waals surface area (Å²) in [5.41, 5.74) is -0.133. The largest absolute Gasteiger partial charge is 0.476 e. The highest BCUT2D eigenvalue weighted by Crippen LogP contribution is 2.14. The predicted molar refractivity (Wildman–Crippen MR) is 69.8 cm³/mol. The average Bonchev–Trinajstić information content (AvgIpc) is 2.40. The van der Waals surface area contributed by atoms with Crippen LogP contribution in [0.25, 0.3) is 0 Å². The van der Waals surface area contributed by atoms with Gasteiger partial charge in [0, 0.05) is 13.7 Å². The SMILES string of the molecule is CCCCNc1ncc(OCCOC)nc1C(=O)O. The molecule has 1 rings (SSSR count). The van der Waals surface area contributed by atoms with Crippen molar-refractivity contribution in [1.82, 2.24) is 9.97 Å². The maximum absolute atomic E-state index is 11.1. The molecule has 7 nitrogen and oxygen atoms in total. The predicted octanol–water partition coefficient (Wildman–Crippen LogP) is 1.41. The molecule has 1 heterocycles. The first-order valence-corrected chi connectivity index (χ1v) is 6.15. The van der Waals surface area contributed by atoms with E-state index < -0.39 is 5.97 Å². The third-order valence-corrected chi connectivity index (χ3v) is 2.31. The average molecular weight is 269 g/mol. The van der Waals surface area contributed by atoms with E-state index in [-0.39, 0.29) is 17.4 Å². The summed E-state index contributed by atoms with van der Waals surface area (Å²) in [5.74, 6) is -0.695. The first-order chi connectivity index (χ1) is 9.19. The van der Waals surface area contributed by atoms with Crippen molar-refractivity contribution in [1.29, 1.82) is 0 Å². The van der Waals surface area contributed by atoms with Crippen molar-refractivity contribution in [2.75, 3.05) is 32.2 Å². The number of hydrogen-bond acceptors (Lipinski definition) is 6. The lowest BCUT2D eigenvalue weighted by Crippen LogP contribution is -2.13. The van der Waals surface area contributed by atoms with Crippen LogP contribution in [-0.2, 0) is 4.74 Å². The number of aromatic carboxylic acids is 1. The minimum atomic E-state index is -1.14. The number of carbonyl (C=O) groups is 1. The van der Waals surface area contributed by atoms with Gasteiger partial charge in [0.1, 0.15) is 6.61 Å². The lowest BCUT2D eigenvalue weighted by atomic mass is 10.3. The minimum Gasteiger partial charge on any atom is -0.476 e. The van der Waals surface area contributed by atoms with Crippen molar-refractivity contribution in [2.24, 2.45) is 0 Å². The quantitative estimate of drug-likeness (QED) is 0.654. The van der Waals surface area contributed by atoms with E-state index in [9.17, 15) is 4.79 Å². The Bertz CT molecular complexity index is 412. The molecule has 0 bridgehead atoms. The van der Waals surface area contributed by atoms with E-state index in [1.54, 1.807) is 7.11 Å². The maximum atomic E-state index is 11.1. The Hall–Kier alpha value is -1.89. The molecule has 0 aliphatic heterocycles. The van der Waals surface area contributed by atoms with E-state index in [2.05, 4.69) is 22.2 Å². The summed E-state index contributed by atoms with van der Waals surface area (Å²) in [6.07, 6.45) is 3.35. The molecule has 0 amide bonds. The first-order valence-electron chi connectivity index (χ1n) is 6.15. The van der Waals surface area contributed by atoms with E-state index in [1.807, 2.05) is 0 Å². The summed E-state index contributed by atoms with van der Waals surface area (Å²) in [7, 11) is 1.55. The van der Waals surface area contributed by atoms with Crippen LogP contribution in [0.5, 0.6) is 5.88 Å². The summed E-state index contributed by atoms with van der Waals surface area (Å²) >= 11 is 0. The van der Waals surface area contributed by atoms with Gasteiger partial charge in [0.15, 0.2) is 11.5 Å². The van der Waals surface area contributed by atoms with E-state index in [4.69, 9.17) is 14.6 Å².